The van der Waals surface area contributed by atoms with E-state index in [1.165, 1.54) is 35.1 Å². The Labute approximate surface area is 117 Å². The molecule has 0 aromatic heterocycles. The highest BCUT2D eigenvalue weighted by Gasteiger charge is 2.06. The lowest BCUT2D eigenvalue weighted by molar-refractivity contribution is 0.907. The molecule has 98 valence electrons. The molecule has 2 rings (SSSR count). The van der Waals surface area contributed by atoms with E-state index in [-0.39, 0.29) is 0 Å². The van der Waals surface area contributed by atoms with E-state index in [0.29, 0.717) is 0 Å². The van der Waals surface area contributed by atoms with Gasteiger partial charge in [-0.1, -0.05) is 75.2 Å². The Kier molecular flexibility index (Phi) is 5.20. The van der Waals surface area contributed by atoms with Crippen molar-refractivity contribution < 1.29 is 0 Å². The third-order valence-corrected chi connectivity index (χ3v) is 3.34. The Morgan fingerprint density at radius 2 is 1.11 bits per heavy atom. The highest BCUT2D eigenvalue weighted by molar-refractivity contribution is 5.45. The molecule has 0 aliphatic carbocycles. The molecule has 0 aliphatic rings. The molecule has 0 N–H and O–H groups in total. The van der Waals surface area contributed by atoms with Crippen LogP contribution >= 0.6 is 0 Å². The third kappa shape index (κ3) is 3.70. The van der Waals surface area contributed by atoms with E-state index in [2.05, 4.69) is 68.8 Å². The van der Waals surface area contributed by atoms with Gasteiger partial charge in [0.25, 0.3) is 0 Å². The second kappa shape index (κ2) is 7.13. The maximum absolute atomic E-state index is 3.61. The summed E-state index contributed by atoms with van der Waals surface area (Å²) < 4.78 is 0. The van der Waals surface area contributed by atoms with Crippen molar-refractivity contribution in [2.45, 2.75) is 39.5 Å². The average Bonchev–Trinajstić information content (AvgIpc) is 2.44. The first-order valence-corrected chi connectivity index (χ1v) is 7.28. The third-order valence-electron chi connectivity index (χ3n) is 3.34. The molecule has 2 aromatic carbocycles. The lowest BCUT2D eigenvalue weighted by Crippen LogP contribution is -1.97. The van der Waals surface area contributed by atoms with Crippen LogP contribution in [0.4, 0.5) is 0 Å². The number of benzene rings is 2. The average molecular weight is 250 g/mol. The summed E-state index contributed by atoms with van der Waals surface area (Å²) in [6.45, 7) is 4.45. The Bertz CT molecular complexity index is 463. The molecule has 0 fully saturated rings. The normalized spacial score (nSPS) is 10.6. The summed E-state index contributed by atoms with van der Waals surface area (Å²) in [5, 5.41) is 0. The lowest BCUT2D eigenvalue weighted by atomic mass is 9.93. The van der Waals surface area contributed by atoms with Gasteiger partial charge < -0.3 is 0 Å². The van der Waals surface area contributed by atoms with E-state index in [1.807, 2.05) is 0 Å². The highest BCUT2D eigenvalue weighted by atomic mass is 14.1. The molecule has 0 heteroatoms. The van der Waals surface area contributed by atoms with Crippen LogP contribution in [0.3, 0.4) is 0 Å². The van der Waals surface area contributed by atoms with Crippen molar-refractivity contribution in [3.63, 3.8) is 0 Å². The van der Waals surface area contributed by atoms with Crippen molar-refractivity contribution >= 4 is 0 Å². The molecule has 2 radical (unpaired) electrons. The number of rotatable bonds is 6. The van der Waals surface area contributed by atoms with Gasteiger partial charge in [0.2, 0.25) is 0 Å². The molecule has 19 heavy (non-hydrogen) atoms. The minimum absolute atomic E-state index is 1.12. The van der Waals surface area contributed by atoms with Crippen molar-refractivity contribution in [3.05, 3.63) is 77.2 Å². The summed E-state index contributed by atoms with van der Waals surface area (Å²) in [7, 11) is 0. The predicted molar refractivity (Wildman–Crippen MR) is 82.3 cm³/mol. The molecule has 2 aromatic rings. The summed E-state index contributed by atoms with van der Waals surface area (Å²) in [4.78, 5) is 0. The molecule has 0 atom stereocenters. The fourth-order valence-corrected chi connectivity index (χ4v) is 2.40. The minimum atomic E-state index is 1.12. The second-order valence-corrected chi connectivity index (χ2v) is 4.94. The van der Waals surface area contributed by atoms with Crippen molar-refractivity contribution in [2.75, 3.05) is 0 Å². The van der Waals surface area contributed by atoms with E-state index >= 15 is 0 Å². The Morgan fingerprint density at radius 3 is 1.53 bits per heavy atom. The molecular weight excluding hydrogens is 228 g/mol. The Balaban J connectivity index is 2.25. The zero-order chi connectivity index (χ0) is 13.5. The van der Waals surface area contributed by atoms with Gasteiger partial charge in [-0.3, -0.25) is 0 Å². The largest absolute Gasteiger partial charge is 0.0651 e. The zero-order valence-electron chi connectivity index (χ0n) is 11.9. The van der Waals surface area contributed by atoms with E-state index in [1.54, 1.807) is 0 Å². The van der Waals surface area contributed by atoms with Crippen molar-refractivity contribution in [1.29, 1.82) is 0 Å². The van der Waals surface area contributed by atoms with E-state index in [9.17, 15) is 0 Å². The standard InChI is InChI=1S/C19H22/c1-3-9-16-11-5-7-13-18(16)15-19-14-8-6-12-17(19)10-4-2/h5-8,11-14H,3-4,9-10H2,1-2H3. The molecule has 0 bridgehead atoms. The molecule has 0 unspecified atom stereocenters. The molecule has 0 aliphatic heterocycles. The first kappa shape index (κ1) is 13.9. The Morgan fingerprint density at radius 1 is 0.684 bits per heavy atom. The van der Waals surface area contributed by atoms with Crippen LogP contribution in [-0.2, 0) is 12.8 Å². The molecule has 0 saturated carbocycles. The molecule has 0 spiro atoms. The maximum Gasteiger partial charge on any atom is 0.0507 e. The topological polar surface area (TPSA) is 0 Å². The smallest absolute Gasteiger partial charge is 0.0507 e. The minimum Gasteiger partial charge on any atom is -0.0651 e. The molecule has 0 nitrogen and oxygen atoms in total. The maximum atomic E-state index is 3.61. The van der Waals surface area contributed by atoms with Crippen LogP contribution in [0.2, 0.25) is 0 Å². The van der Waals surface area contributed by atoms with Crippen LogP contribution in [0.5, 0.6) is 0 Å². The van der Waals surface area contributed by atoms with Gasteiger partial charge >= 0.3 is 0 Å². The van der Waals surface area contributed by atoms with Crippen molar-refractivity contribution in [3.8, 4) is 0 Å². The van der Waals surface area contributed by atoms with Crippen LogP contribution in [0.25, 0.3) is 0 Å². The lowest BCUT2D eigenvalue weighted by Gasteiger charge is -2.11. The summed E-state index contributed by atoms with van der Waals surface area (Å²) >= 11 is 0. The summed E-state index contributed by atoms with van der Waals surface area (Å²) in [6.07, 6.45) is 8.21. The molecular formula is C19H22. The SMILES string of the molecule is CCCc1ccccc1[C]c1ccccc1CCC. The number of aryl methyl sites for hydroxylation is 2. The first-order valence-electron chi connectivity index (χ1n) is 7.28. The highest BCUT2D eigenvalue weighted by Crippen LogP contribution is 2.21. The van der Waals surface area contributed by atoms with Crippen LogP contribution in [0, 0.1) is 6.42 Å². The first-order chi connectivity index (χ1) is 9.35. The van der Waals surface area contributed by atoms with Crippen molar-refractivity contribution in [1.82, 2.24) is 0 Å². The summed E-state index contributed by atoms with van der Waals surface area (Å²) in [6, 6.07) is 17.2. The van der Waals surface area contributed by atoms with Gasteiger partial charge in [-0.05, 0) is 35.1 Å². The predicted octanol–water partition coefficient (Wildman–Crippen LogP) is 5.07. The number of hydrogen-bond acceptors (Lipinski definition) is 0. The van der Waals surface area contributed by atoms with Gasteiger partial charge in [0, 0.05) is 0 Å². The van der Waals surface area contributed by atoms with Crippen LogP contribution < -0.4 is 0 Å². The van der Waals surface area contributed by atoms with E-state index in [0.717, 1.165) is 12.8 Å². The van der Waals surface area contributed by atoms with E-state index < -0.39 is 0 Å². The number of hydrogen-bond donors (Lipinski definition) is 0. The van der Waals surface area contributed by atoms with Crippen molar-refractivity contribution in [2.24, 2.45) is 0 Å². The fraction of sp³-hybridized carbons (Fsp3) is 0.316. The quantitative estimate of drug-likeness (QED) is 0.671. The van der Waals surface area contributed by atoms with Gasteiger partial charge in [-0.25, -0.2) is 0 Å². The second-order valence-electron chi connectivity index (χ2n) is 4.94. The molecule has 0 heterocycles. The fourth-order valence-electron chi connectivity index (χ4n) is 2.40. The monoisotopic (exact) mass is 250 g/mol. The molecule has 0 amide bonds. The van der Waals surface area contributed by atoms with Gasteiger partial charge in [0.05, 0.1) is 6.42 Å². The summed E-state index contributed by atoms with van der Waals surface area (Å²) in [5.74, 6) is 0. The Hall–Kier alpha value is -1.56. The zero-order valence-corrected chi connectivity index (χ0v) is 11.9. The van der Waals surface area contributed by atoms with Gasteiger partial charge in [-0.2, -0.15) is 0 Å². The van der Waals surface area contributed by atoms with Gasteiger partial charge in [-0.15, -0.1) is 0 Å². The molecule has 0 saturated heterocycles. The van der Waals surface area contributed by atoms with Gasteiger partial charge in [0.1, 0.15) is 0 Å². The van der Waals surface area contributed by atoms with E-state index in [4.69, 9.17) is 0 Å². The van der Waals surface area contributed by atoms with Crippen LogP contribution in [0.1, 0.15) is 48.9 Å². The summed E-state index contributed by atoms with van der Waals surface area (Å²) in [5.41, 5.74) is 5.29. The van der Waals surface area contributed by atoms with Gasteiger partial charge in [0.15, 0.2) is 0 Å². The van der Waals surface area contributed by atoms with Crippen LogP contribution in [0.15, 0.2) is 48.5 Å². The van der Waals surface area contributed by atoms with Crippen LogP contribution in [-0.4, -0.2) is 0 Å².